The smallest absolute Gasteiger partial charge is 0.308 e. The van der Waals surface area contributed by atoms with Crippen LogP contribution < -0.4 is 5.73 Å². The molecule has 118 valence electrons. The maximum absolute atomic E-state index is 13.0. The molecular formula is C15H24N2O4. The standard InChI is InChI=1S/C15H24N2O4/c1-8-9(12(18)19)4-6-17(8)13(20)15(16)10-5-7-21-11(10)14(15,2)3/h8-11H,4-7,16H2,1-3H3,(H,18,19). The Morgan fingerprint density at radius 1 is 1.33 bits per heavy atom. The molecule has 21 heavy (non-hydrogen) atoms. The van der Waals surface area contributed by atoms with Crippen LogP contribution in [0.15, 0.2) is 0 Å². The molecule has 0 aromatic carbocycles. The van der Waals surface area contributed by atoms with Crippen molar-refractivity contribution in [3.8, 4) is 0 Å². The van der Waals surface area contributed by atoms with Crippen LogP contribution in [0.5, 0.6) is 0 Å². The van der Waals surface area contributed by atoms with E-state index in [0.717, 1.165) is 6.42 Å². The first kappa shape index (κ1) is 14.8. The zero-order valence-electron chi connectivity index (χ0n) is 12.8. The molecular weight excluding hydrogens is 272 g/mol. The van der Waals surface area contributed by atoms with Crippen molar-refractivity contribution in [3.63, 3.8) is 0 Å². The van der Waals surface area contributed by atoms with Crippen LogP contribution in [0.25, 0.3) is 0 Å². The summed E-state index contributed by atoms with van der Waals surface area (Å²) in [5.41, 5.74) is 5.21. The molecule has 1 aliphatic carbocycles. The Labute approximate surface area is 124 Å². The number of carboxylic acids is 1. The van der Waals surface area contributed by atoms with E-state index in [9.17, 15) is 14.7 Å². The van der Waals surface area contributed by atoms with Crippen LogP contribution >= 0.6 is 0 Å². The van der Waals surface area contributed by atoms with E-state index in [0.29, 0.717) is 19.6 Å². The zero-order chi connectivity index (χ0) is 15.6. The lowest BCUT2D eigenvalue weighted by molar-refractivity contribution is -0.185. The van der Waals surface area contributed by atoms with Gasteiger partial charge in [-0.1, -0.05) is 13.8 Å². The third-order valence-electron chi connectivity index (χ3n) is 6.14. The monoisotopic (exact) mass is 296 g/mol. The van der Waals surface area contributed by atoms with E-state index in [1.807, 2.05) is 13.8 Å². The summed E-state index contributed by atoms with van der Waals surface area (Å²) in [6.07, 6.45) is 1.35. The summed E-state index contributed by atoms with van der Waals surface area (Å²) in [6, 6.07) is -0.299. The van der Waals surface area contributed by atoms with Gasteiger partial charge in [0.1, 0.15) is 5.54 Å². The van der Waals surface area contributed by atoms with E-state index in [-0.39, 0.29) is 24.0 Å². The molecule has 5 unspecified atom stereocenters. The number of carboxylic acid groups (broad SMARTS) is 1. The molecule has 0 spiro atoms. The van der Waals surface area contributed by atoms with Crippen molar-refractivity contribution in [2.24, 2.45) is 23.0 Å². The highest BCUT2D eigenvalue weighted by Crippen LogP contribution is 2.59. The first-order chi connectivity index (χ1) is 9.73. The van der Waals surface area contributed by atoms with E-state index in [4.69, 9.17) is 10.5 Å². The summed E-state index contributed by atoms with van der Waals surface area (Å²) >= 11 is 0. The van der Waals surface area contributed by atoms with Gasteiger partial charge in [0.15, 0.2) is 0 Å². The summed E-state index contributed by atoms with van der Waals surface area (Å²) < 4.78 is 5.72. The minimum absolute atomic E-state index is 0.0413. The summed E-state index contributed by atoms with van der Waals surface area (Å²) in [5.74, 6) is -1.37. The molecule has 3 rings (SSSR count). The van der Waals surface area contributed by atoms with Crippen molar-refractivity contribution in [3.05, 3.63) is 0 Å². The Morgan fingerprint density at radius 3 is 2.57 bits per heavy atom. The normalized spacial score (nSPS) is 44.3. The van der Waals surface area contributed by atoms with E-state index < -0.39 is 22.8 Å². The topological polar surface area (TPSA) is 92.9 Å². The van der Waals surface area contributed by atoms with Crippen LogP contribution in [0.4, 0.5) is 0 Å². The number of nitrogens with two attached hydrogens (primary N) is 1. The average molecular weight is 296 g/mol. The van der Waals surface area contributed by atoms with Crippen molar-refractivity contribution in [2.45, 2.75) is 51.3 Å². The summed E-state index contributed by atoms with van der Waals surface area (Å²) in [7, 11) is 0. The van der Waals surface area contributed by atoms with Gasteiger partial charge in [0, 0.05) is 30.5 Å². The first-order valence-corrected chi connectivity index (χ1v) is 7.67. The number of rotatable bonds is 2. The highest BCUT2D eigenvalue weighted by atomic mass is 16.5. The molecule has 6 heteroatoms. The summed E-state index contributed by atoms with van der Waals surface area (Å²) in [5, 5.41) is 9.22. The molecule has 0 aromatic heterocycles. The maximum Gasteiger partial charge on any atom is 0.308 e. The minimum Gasteiger partial charge on any atom is -0.481 e. The van der Waals surface area contributed by atoms with Gasteiger partial charge in [0.25, 0.3) is 0 Å². The fourth-order valence-corrected chi connectivity index (χ4v) is 4.61. The van der Waals surface area contributed by atoms with Crippen molar-refractivity contribution < 1.29 is 19.4 Å². The quantitative estimate of drug-likeness (QED) is 0.772. The number of amides is 1. The molecule has 3 N–H and O–H groups in total. The van der Waals surface area contributed by atoms with Gasteiger partial charge < -0.3 is 20.5 Å². The van der Waals surface area contributed by atoms with Crippen molar-refractivity contribution in [1.82, 2.24) is 4.90 Å². The maximum atomic E-state index is 13.0. The van der Waals surface area contributed by atoms with Gasteiger partial charge in [0.2, 0.25) is 5.91 Å². The highest BCUT2D eigenvalue weighted by molar-refractivity contribution is 5.90. The molecule has 5 atom stereocenters. The number of hydrogen-bond donors (Lipinski definition) is 2. The van der Waals surface area contributed by atoms with Gasteiger partial charge in [-0.05, 0) is 19.8 Å². The fraction of sp³-hybridized carbons (Fsp3) is 0.867. The lowest BCUT2D eigenvalue weighted by Gasteiger charge is -2.61. The average Bonchev–Trinajstić information content (AvgIpc) is 3.02. The van der Waals surface area contributed by atoms with Gasteiger partial charge in [-0.15, -0.1) is 0 Å². The predicted octanol–water partition coefficient (Wildman–Crippen LogP) is 0.450. The van der Waals surface area contributed by atoms with Gasteiger partial charge in [-0.25, -0.2) is 0 Å². The minimum atomic E-state index is -0.935. The van der Waals surface area contributed by atoms with E-state index in [2.05, 4.69) is 0 Å². The second-order valence-electron chi connectivity index (χ2n) is 7.25. The van der Waals surface area contributed by atoms with Crippen molar-refractivity contribution in [2.75, 3.05) is 13.2 Å². The molecule has 0 aromatic rings. The summed E-state index contributed by atoms with van der Waals surface area (Å²) in [4.78, 5) is 25.9. The lowest BCUT2D eigenvalue weighted by atomic mass is 9.47. The molecule has 1 amide bonds. The molecule has 0 radical (unpaired) electrons. The number of ether oxygens (including phenoxy) is 1. The van der Waals surface area contributed by atoms with Crippen LogP contribution in [0, 0.1) is 17.3 Å². The van der Waals surface area contributed by atoms with Gasteiger partial charge in [-0.2, -0.15) is 0 Å². The molecule has 3 aliphatic rings. The third kappa shape index (κ3) is 1.66. The van der Waals surface area contributed by atoms with E-state index in [1.165, 1.54) is 0 Å². The van der Waals surface area contributed by atoms with Crippen LogP contribution in [0.3, 0.4) is 0 Å². The molecule has 2 heterocycles. The van der Waals surface area contributed by atoms with Crippen molar-refractivity contribution in [1.29, 1.82) is 0 Å². The number of likely N-dealkylation sites (tertiary alicyclic amines) is 1. The third-order valence-corrected chi connectivity index (χ3v) is 6.14. The highest BCUT2D eigenvalue weighted by Gasteiger charge is 2.72. The predicted molar refractivity (Wildman–Crippen MR) is 75.5 cm³/mol. The number of carbonyl (C=O) groups is 2. The molecule has 6 nitrogen and oxygen atoms in total. The van der Waals surface area contributed by atoms with Crippen molar-refractivity contribution >= 4 is 11.9 Å². The number of aliphatic carboxylic acids is 1. The SMILES string of the molecule is CC1C(C(=O)O)CCN1C(=O)C1(N)C2CCOC2C1(C)C. The Hall–Kier alpha value is -1.14. The summed E-state index contributed by atoms with van der Waals surface area (Å²) in [6.45, 7) is 6.89. The fourth-order valence-electron chi connectivity index (χ4n) is 4.61. The van der Waals surface area contributed by atoms with Crippen LogP contribution in [-0.4, -0.2) is 52.7 Å². The molecule has 1 saturated carbocycles. The zero-order valence-corrected chi connectivity index (χ0v) is 12.8. The molecule has 2 saturated heterocycles. The Balaban J connectivity index is 1.84. The van der Waals surface area contributed by atoms with Crippen LogP contribution in [0.2, 0.25) is 0 Å². The van der Waals surface area contributed by atoms with Gasteiger partial charge in [0.05, 0.1) is 12.0 Å². The second kappa shape index (κ2) is 4.43. The van der Waals surface area contributed by atoms with Crippen LogP contribution in [0.1, 0.15) is 33.6 Å². The lowest BCUT2D eigenvalue weighted by Crippen LogP contribution is -2.80. The Morgan fingerprint density at radius 2 is 2.00 bits per heavy atom. The molecule has 0 bridgehead atoms. The number of hydrogen-bond acceptors (Lipinski definition) is 4. The number of carbonyl (C=O) groups excluding carboxylic acids is 1. The van der Waals surface area contributed by atoms with E-state index >= 15 is 0 Å². The van der Waals surface area contributed by atoms with Crippen LogP contribution in [-0.2, 0) is 14.3 Å². The molecule has 2 aliphatic heterocycles. The Bertz CT molecular complexity index is 492. The number of nitrogens with zero attached hydrogens (tertiary/aromatic N) is 1. The largest absolute Gasteiger partial charge is 0.481 e. The van der Waals surface area contributed by atoms with Gasteiger partial charge >= 0.3 is 5.97 Å². The first-order valence-electron chi connectivity index (χ1n) is 7.67. The second-order valence-corrected chi connectivity index (χ2v) is 7.25. The van der Waals surface area contributed by atoms with E-state index in [1.54, 1.807) is 11.8 Å². The van der Waals surface area contributed by atoms with Gasteiger partial charge in [-0.3, -0.25) is 9.59 Å². The molecule has 3 fully saturated rings. The number of fused-ring (bicyclic) bond motifs is 1. The Kier molecular flexibility index (Phi) is 3.12.